The highest BCUT2D eigenvalue weighted by Crippen LogP contribution is 2.22. The molecule has 0 spiro atoms. The number of carbonyl (C=O) groups excluding carboxylic acids is 1. The van der Waals surface area contributed by atoms with E-state index in [1.54, 1.807) is 0 Å². The number of methoxy groups -OCH3 is 1. The average Bonchev–Trinajstić information content (AvgIpc) is 3.17. The summed E-state index contributed by atoms with van der Waals surface area (Å²) in [6.45, 7) is 4.61. The molecule has 1 saturated heterocycles. The van der Waals surface area contributed by atoms with Crippen LogP contribution in [0.2, 0.25) is 0 Å². The predicted octanol–water partition coefficient (Wildman–Crippen LogP) is 0.269. The molecule has 12 heteroatoms. The lowest BCUT2D eigenvalue weighted by Gasteiger charge is -2.23. The van der Waals surface area contributed by atoms with Crippen molar-refractivity contribution in [3.63, 3.8) is 0 Å². The number of carbonyl (C=O) groups is 3. The zero-order valence-corrected chi connectivity index (χ0v) is 18.1. The molecule has 1 aromatic rings. The second kappa shape index (κ2) is 12.0. The van der Waals surface area contributed by atoms with Gasteiger partial charge in [-0.25, -0.2) is 23.1 Å². The normalized spacial score (nSPS) is 16.4. The summed E-state index contributed by atoms with van der Waals surface area (Å²) in [6.07, 6.45) is 3.28. The zero-order valence-electron chi connectivity index (χ0n) is 17.3. The number of benzene rings is 1. The smallest absolute Gasteiger partial charge is 0.328 e. The highest BCUT2D eigenvalue weighted by atomic mass is 32.2. The molecule has 172 valence electrons. The topological polar surface area (TPSA) is 176 Å². The minimum atomic E-state index is -3.87. The quantitative estimate of drug-likeness (QED) is 0.399. The van der Waals surface area contributed by atoms with Gasteiger partial charge in [-0.1, -0.05) is 6.92 Å². The molecule has 31 heavy (non-hydrogen) atoms. The third-order valence-electron chi connectivity index (χ3n) is 4.52. The molecule has 0 bridgehead atoms. The molecule has 0 saturated carbocycles. The van der Waals surface area contributed by atoms with Crippen LogP contribution < -0.4 is 15.2 Å². The number of sulfonamides is 1. The first-order valence-electron chi connectivity index (χ1n) is 9.36. The standard InChI is InChI=1S/C15H23N3O4S.C4H4O4/c1-3-18-8-4-5-11(18)10-17-15(19)13-9-12(23(16,20)21)6-7-14(13)22-2;5-3(6)1-2-4(7)8/h6-7,9,11H,3-5,8,10H2,1-2H3,(H,17,19)(H2,16,20,21);1-2H,(H,5,6)(H,7,8)/b;2-1-. The Bertz CT molecular complexity index is 914. The van der Waals surface area contributed by atoms with Gasteiger partial charge in [0.1, 0.15) is 5.75 Å². The summed E-state index contributed by atoms with van der Waals surface area (Å²) in [4.78, 5) is 33.7. The number of nitrogens with zero attached hydrogens (tertiary/aromatic N) is 1. The maximum absolute atomic E-state index is 12.4. The molecular formula is C19H27N3O8S. The highest BCUT2D eigenvalue weighted by Gasteiger charge is 2.24. The molecule has 1 unspecified atom stereocenters. The van der Waals surface area contributed by atoms with Gasteiger partial charge < -0.3 is 20.3 Å². The number of rotatable bonds is 8. The molecule has 1 fully saturated rings. The van der Waals surface area contributed by atoms with Crippen LogP contribution >= 0.6 is 0 Å². The number of carboxylic acids is 2. The fourth-order valence-corrected chi connectivity index (χ4v) is 3.57. The van der Waals surface area contributed by atoms with Crippen molar-refractivity contribution in [2.24, 2.45) is 5.14 Å². The molecule has 2 rings (SSSR count). The molecule has 0 aromatic heterocycles. The number of primary sulfonamides is 1. The summed E-state index contributed by atoms with van der Waals surface area (Å²) in [6, 6.07) is 4.32. The Labute approximate surface area is 180 Å². The van der Waals surface area contributed by atoms with Crippen LogP contribution in [0.3, 0.4) is 0 Å². The Balaban J connectivity index is 0.000000512. The Morgan fingerprint density at radius 2 is 1.87 bits per heavy atom. The summed E-state index contributed by atoms with van der Waals surface area (Å²) in [5.41, 5.74) is 0.167. The van der Waals surface area contributed by atoms with Gasteiger partial charge in [0.25, 0.3) is 5.91 Å². The van der Waals surface area contributed by atoms with Gasteiger partial charge in [-0.15, -0.1) is 0 Å². The lowest BCUT2D eigenvalue weighted by atomic mass is 10.1. The van der Waals surface area contributed by atoms with E-state index in [-0.39, 0.29) is 16.4 Å². The zero-order chi connectivity index (χ0) is 23.6. The number of hydrogen-bond donors (Lipinski definition) is 4. The monoisotopic (exact) mass is 457 g/mol. The average molecular weight is 458 g/mol. The first-order chi connectivity index (χ1) is 14.5. The molecule has 1 aromatic carbocycles. The van der Waals surface area contributed by atoms with Gasteiger partial charge in [-0.2, -0.15) is 0 Å². The van der Waals surface area contributed by atoms with Crippen LogP contribution in [0.1, 0.15) is 30.1 Å². The minimum Gasteiger partial charge on any atom is -0.496 e. The summed E-state index contributed by atoms with van der Waals surface area (Å²) in [5, 5.41) is 23.6. The van der Waals surface area contributed by atoms with E-state index in [4.69, 9.17) is 20.1 Å². The predicted molar refractivity (Wildman–Crippen MR) is 111 cm³/mol. The maximum Gasteiger partial charge on any atom is 0.328 e. The van der Waals surface area contributed by atoms with Gasteiger partial charge in [0, 0.05) is 24.7 Å². The number of likely N-dealkylation sites (tertiary alicyclic amines) is 1. The van der Waals surface area contributed by atoms with Gasteiger partial charge in [0.2, 0.25) is 10.0 Å². The minimum absolute atomic E-state index is 0.112. The van der Waals surface area contributed by atoms with Crippen molar-refractivity contribution in [3.8, 4) is 5.75 Å². The first-order valence-corrected chi connectivity index (χ1v) is 10.9. The molecule has 1 aliphatic rings. The Morgan fingerprint density at radius 3 is 2.35 bits per heavy atom. The van der Waals surface area contributed by atoms with Gasteiger partial charge in [0.15, 0.2) is 0 Å². The maximum atomic E-state index is 12.4. The second-order valence-corrected chi connectivity index (χ2v) is 8.11. The van der Waals surface area contributed by atoms with Crippen LogP contribution in [-0.4, -0.2) is 74.2 Å². The van der Waals surface area contributed by atoms with E-state index in [1.807, 2.05) is 0 Å². The van der Waals surface area contributed by atoms with Crippen LogP contribution in [0.5, 0.6) is 5.75 Å². The van der Waals surface area contributed by atoms with Crippen molar-refractivity contribution in [1.82, 2.24) is 10.2 Å². The molecule has 1 amide bonds. The number of ether oxygens (including phenoxy) is 1. The molecule has 0 radical (unpaired) electrons. The van der Waals surface area contributed by atoms with E-state index in [0.29, 0.717) is 30.5 Å². The lowest BCUT2D eigenvalue weighted by molar-refractivity contribution is -0.134. The van der Waals surface area contributed by atoms with Gasteiger partial charge >= 0.3 is 11.9 Å². The van der Waals surface area contributed by atoms with Gasteiger partial charge in [0.05, 0.1) is 17.6 Å². The summed E-state index contributed by atoms with van der Waals surface area (Å²) >= 11 is 0. The number of nitrogens with one attached hydrogen (secondary N) is 1. The SMILES string of the molecule is CCN1CCCC1CNC(=O)c1cc(S(N)(=O)=O)ccc1OC.O=C(O)/C=C\C(=O)O. The van der Waals surface area contributed by atoms with Crippen molar-refractivity contribution in [1.29, 1.82) is 0 Å². The molecule has 0 aliphatic carbocycles. The first kappa shape index (κ1) is 26.1. The number of likely N-dealkylation sites (N-methyl/N-ethyl adjacent to an activating group) is 1. The Hall–Kier alpha value is -2.96. The number of carboxylic acid groups (broad SMARTS) is 2. The Morgan fingerprint density at radius 1 is 1.26 bits per heavy atom. The molecular weight excluding hydrogens is 430 g/mol. The fourth-order valence-electron chi connectivity index (χ4n) is 3.03. The molecule has 1 aliphatic heterocycles. The van der Waals surface area contributed by atoms with E-state index in [0.717, 1.165) is 25.9 Å². The van der Waals surface area contributed by atoms with Gasteiger partial charge in [-0.05, 0) is 44.1 Å². The fraction of sp³-hybridized carbons (Fsp3) is 0.421. The molecule has 11 nitrogen and oxygen atoms in total. The van der Waals surface area contributed by atoms with Crippen molar-refractivity contribution in [2.45, 2.75) is 30.7 Å². The van der Waals surface area contributed by atoms with E-state index in [1.165, 1.54) is 25.3 Å². The summed E-state index contributed by atoms with van der Waals surface area (Å²) in [7, 11) is -2.44. The van der Waals surface area contributed by atoms with Gasteiger partial charge in [-0.3, -0.25) is 9.69 Å². The number of nitrogens with two attached hydrogens (primary N) is 1. The van der Waals surface area contributed by atoms with Crippen LogP contribution in [0.25, 0.3) is 0 Å². The van der Waals surface area contributed by atoms with Crippen molar-refractivity contribution >= 4 is 27.9 Å². The van der Waals surface area contributed by atoms with Crippen LogP contribution in [0, 0.1) is 0 Å². The van der Waals surface area contributed by atoms with Crippen LogP contribution in [-0.2, 0) is 19.6 Å². The molecule has 1 heterocycles. The highest BCUT2D eigenvalue weighted by molar-refractivity contribution is 7.89. The third kappa shape index (κ3) is 8.74. The van der Waals surface area contributed by atoms with Crippen molar-refractivity contribution in [2.75, 3.05) is 26.7 Å². The lowest BCUT2D eigenvalue weighted by Crippen LogP contribution is -2.40. The number of aliphatic carboxylic acids is 2. The third-order valence-corrected chi connectivity index (χ3v) is 5.43. The summed E-state index contributed by atoms with van der Waals surface area (Å²) < 4.78 is 28.1. The van der Waals surface area contributed by atoms with Crippen molar-refractivity contribution < 1.29 is 37.8 Å². The Kier molecular flexibility index (Phi) is 10.1. The number of hydrogen-bond acceptors (Lipinski definition) is 7. The van der Waals surface area contributed by atoms with E-state index in [9.17, 15) is 22.8 Å². The van der Waals surface area contributed by atoms with Crippen molar-refractivity contribution in [3.05, 3.63) is 35.9 Å². The number of amides is 1. The molecule has 5 N–H and O–H groups in total. The van der Waals surface area contributed by atoms with Crippen LogP contribution in [0.4, 0.5) is 0 Å². The summed E-state index contributed by atoms with van der Waals surface area (Å²) in [5.74, 6) is -2.57. The van der Waals surface area contributed by atoms with E-state index in [2.05, 4.69) is 17.1 Å². The second-order valence-electron chi connectivity index (χ2n) is 6.55. The van der Waals surface area contributed by atoms with E-state index < -0.39 is 22.0 Å². The largest absolute Gasteiger partial charge is 0.496 e. The molecule has 1 atom stereocenters. The van der Waals surface area contributed by atoms with E-state index >= 15 is 0 Å². The van der Waals surface area contributed by atoms with Crippen LogP contribution in [0.15, 0.2) is 35.2 Å².